The number of non-ortho nitro benzene ring substituents is 1. The highest BCUT2D eigenvalue weighted by atomic mass is 32.2. The predicted octanol–water partition coefficient (Wildman–Crippen LogP) is 1.86. The first-order chi connectivity index (χ1) is 11.1. The molecule has 2 aromatic rings. The fraction of sp³-hybridized carbons (Fsp3) is 0.429. The summed E-state index contributed by atoms with van der Waals surface area (Å²) in [6.07, 6.45) is 2.15. The summed E-state index contributed by atoms with van der Waals surface area (Å²) >= 11 is 1.26. The molecule has 1 aromatic heterocycles. The van der Waals surface area contributed by atoms with Crippen LogP contribution in [-0.2, 0) is 9.53 Å². The van der Waals surface area contributed by atoms with Crippen LogP contribution in [0, 0.1) is 10.1 Å². The predicted molar refractivity (Wildman–Crippen MR) is 85.5 cm³/mol. The summed E-state index contributed by atoms with van der Waals surface area (Å²) in [6.45, 7) is 1.30. The highest BCUT2D eigenvalue weighted by molar-refractivity contribution is 7.99. The average Bonchev–Trinajstić information content (AvgIpc) is 3.18. The Kier molecular flexibility index (Phi) is 4.77. The maximum atomic E-state index is 11.8. The van der Waals surface area contributed by atoms with Crippen LogP contribution < -0.4 is 5.32 Å². The highest BCUT2D eigenvalue weighted by Gasteiger charge is 2.16. The molecule has 2 heterocycles. The number of benzene rings is 1. The van der Waals surface area contributed by atoms with Crippen LogP contribution in [-0.4, -0.2) is 45.8 Å². The molecule has 3 rings (SSSR count). The Morgan fingerprint density at radius 1 is 1.57 bits per heavy atom. The van der Waals surface area contributed by atoms with Crippen LogP contribution in [0.2, 0.25) is 0 Å². The molecular formula is C14H16N4O4S. The smallest absolute Gasteiger partial charge is 0.271 e. The number of hydrogen-bond donors (Lipinski definition) is 2. The second-order valence-corrected chi connectivity index (χ2v) is 6.19. The number of nitro benzene ring substituents is 1. The van der Waals surface area contributed by atoms with E-state index in [1.165, 1.54) is 23.9 Å². The zero-order valence-electron chi connectivity index (χ0n) is 12.3. The highest BCUT2D eigenvalue weighted by Crippen LogP contribution is 2.23. The zero-order valence-corrected chi connectivity index (χ0v) is 13.1. The van der Waals surface area contributed by atoms with Crippen LogP contribution in [0.4, 0.5) is 5.69 Å². The Bertz CT molecular complexity index is 727. The third kappa shape index (κ3) is 3.99. The minimum Gasteiger partial charge on any atom is -0.376 e. The van der Waals surface area contributed by atoms with Crippen LogP contribution in [0.1, 0.15) is 12.8 Å². The number of carbonyl (C=O) groups is 1. The maximum Gasteiger partial charge on any atom is 0.271 e. The van der Waals surface area contributed by atoms with E-state index >= 15 is 0 Å². The third-order valence-electron chi connectivity index (χ3n) is 3.55. The Hall–Kier alpha value is -2.13. The van der Waals surface area contributed by atoms with Crippen molar-refractivity contribution in [3.63, 3.8) is 0 Å². The van der Waals surface area contributed by atoms with E-state index in [-0.39, 0.29) is 23.5 Å². The average molecular weight is 336 g/mol. The minimum absolute atomic E-state index is 0.00649. The second kappa shape index (κ2) is 6.97. The van der Waals surface area contributed by atoms with Crippen molar-refractivity contribution in [3.05, 3.63) is 28.3 Å². The number of fused-ring (bicyclic) bond motifs is 1. The van der Waals surface area contributed by atoms with Gasteiger partial charge in [-0.15, -0.1) is 0 Å². The fourth-order valence-corrected chi connectivity index (χ4v) is 3.09. The van der Waals surface area contributed by atoms with Crippen molar-refractivity contribution in [2.24, 2.45) is 0 Å². The monoisotopic (exact) mass is 336 g/mol. The molecule has 1 amide bonds. The van der Waals surface area contributed by atoms with Crippen molar-refractivity contribution in [1.29, 1.82) is 0 Å². The first kappa shape index (κ1) is 15.8. The van der Waals surface area contributed by atoms with Gasteiger partial charge >= 0.3 is 0 Å². The molecule has 0 aliphatic carbocycles. The van der Waals surface area contributed by atoms with E-state index in [1.54, 1.807) is 6.07 Å². The van der Waals surface area contributed by atoms with Gasteiger partial charge in [-0.1, -0.05) is 11.8 Å². The van der Waals surface area contributed by atoms with E-state index in [0.717, 1.165) is 19.4 Å². The van der Waals surface area contributed by atoms with E-state index in [0.29, 0.717) is 22.7 Å². The molecule has 1 atom stereocenters. The van der Waals surface area contributed by atoms with Gasteiger partial charge in [0, 0.05) is 25.3 Å². The molecule has 1 fully saturated rings. The van der Waals surface area contributed by atoms with Gasteiger partial charge in [0.2, 0.25) is 5.91 Å². The Balaban J connectivity index is 1.54. The number of carbonyl (C=O) groups excluding carboxylic acids is 1. The summed E-state index contributed by atoms with van der Waals surface area (Å²) in [5, 5.41) is 14.1. The van der Waals surface area contributed by atoms with Gasteiger partial charge in [0.25, 0.3) is 5.69 Å². The first-order valence-corrected chi connectivity index (χ1v) is 8.25. The summed E-state index contributed by atoms with van der Waals surface area (Å²) in [6, 6.07) is 4.43. The van der Waals surface area contributed by atoms with Gasteiger partial charge in [-0.05, 0) is 18.9 Å². The number of thioether (sulfide) groups is 1. The number of rotatable bonds is 6. The van der Waals surface area contributed by atoms with Crippen LogP contribution in [0.3, 0.4) is 0 Å². The first-order valence-electron chi connectivity index (χ1n) is 7.27. The zero-order chi connectivity index (χ0) is 16.2. The quantitative estimate of drug-likeness (QED) is 0.473. The maximum absolute atomic E-state index is 11.8. The van der Waals surface area contributed by atoms with Crippen molar-refractivity contribution in [2.75, 3.05) is 18.9 Å². The largest absolute Gasteiger partial charge is 0.376 e. The number of imidazole rings is 1. The van der Waals surface area contributed by atoms with E-state index in [9.17, 15) is 14.9 Å². The lowest BCUT2D eigenvalue weighted by atomic mass is 10.2. The molecule has 1 aromatic carbocycles. The lowest BCUT2D eigenvalue weighted by Crippen LogP contribution is -2.32. The van der Waals surface area contributed by atoms with Crippen molar-refractivity contribution in [2.45, 2.75) is 24.1 Å². The number of hydrogen-bond acceptors (Lipinski definition) is 6. The summed E-state index contributed by atoms with van der Waals surface area (Å²) in [7, 11) is 0. The SMILES string of the molecule is O=C(CSc1nc2ccc([N+](=O)[O-])cc2[nH]1)NCC1CCCO1. The molecule has 9 heteroatoms. The van der Waals surface area contributed by atoms with Gasteiger partial charge in [-0.2, -0.15) is 0 Å². The molecule has 23 heavy (non-hydrogen) atoms. The van der Waals surface area contributed by atoms with Crippen LogP contribution in [0.25, 0.3) is 11.0 Å². The lowest BCUT2D eigenvalue weighted by Gasteiger charge is -2.10. The van der Waals surface area contributed by atoms with Gasteiger partial charge in [0.15, 0.2) is 5.16 Å². The van der Waals surface area contributed by atoms with Gasteiger partial charge in [0.1, 0.15) is 0 Å². The summed E-state index contributed by atoms with van der Waals surface area (Å²) in [4.78, 5) is 29.4. The van der Waals surface area contributed by atoms with E-state index < -0.39 is 4.92 Å². The molecular weight excluding hydrogens is 320 g/mol. The lowest BCUT2D eigenvalue weighted by molar-refractivity contribution is -0.384. The van der Waals surface area contributed by atoms with Crippen LogP contribution in [0.15, 0.2) is 23.4 Å². The fourth-order valence-electron chi connectivity index (χ4n) is 2.37. The molecule has 2 N–H and O–H groups in total. The molecule has 0 bridgehead atoms. The number of amides is 1. The van der Waals surface area contributed by atoms with Crippen molar-refractivity contribution >= 4 is 34.4 Å². The molecule has 122 valence electrons. The van der Waals surface area contributed by atoms with Gasteiger partial charge < -0.3 is 15.0 Å². The second-order valence-electron chi connectivity index (χ2n) is 5.23. The summed E-state index contributed by atoms with van der Waals surface area (Å²) in [5.74, 6) is 0.145. The molecule has 1 unspecified atom stereocenters. The Labute approximate surface area is 136 Å². The topological polar surface area (TPSA) is 110 Å². The van der Waals surface area contributed by atoms with E-state index in [2.05, 4.69) is 15.3 Å². The van der Waals surface area contributed by atoms with Crippen LogP contribution >= 0.6 is 11.8 Å². The molecule has 0 radical (unpaired) electrons. The number of H-pyrrole nitrogens is 1. The Morgan fingerprint density at radius 3 is 3.17 bits per heavy atom. The number of nitrogens with zero attached hydrogens (tertiary/aromatic N) is 2. The molecule has 8 nitrogen and oxygen atoms in total. The molecule has 0 saturated carbocycles. The van der Waals surface area contributed by atoms with Crippen molar-refractivity contribution in [1.82, 2.24) is 15.3 Å². The summed E-state index contributed by atoms with van der Waals surface area (Å²) in [5.41, 5.74) is 1.23. The van der Waals surface area contributed by atoms with Gasteiger partial charge in [-0.25, -0.2) is 4.98 Å². The molecule has 1 aliphatic heterocycles. The third-order valence-corrected chi connectivity index (χ3v) is 4.42. The van der Waals surface area contributed by atoms with E-state index in [4.69, 9.17) is 4.74 Å². The van der Waals surface area contributed by atoms with Crippen molar-refractivity contribution in [3.8, 4) is 0 Å². The normalized spacial score (nSPS) is 17.5. The number of aromatic amines is 1. The Morgan fingerprint density at radius 2 is 2.43 bits per heavy atom. The number of aromatic nitrogens is 2. The standard InChI is InChI=1S/C14H16N4O4S/c19-13(15-7-10-2-1-5-22-10)8-23-14-16-11-4-3-9(18(20)21)6-12(11)17-14/h3-4,6,10H,1-2,5,7-8H2,(H,15,19)(H,16,17). The summed E-state index contributed by atoms with van der Waals surface area (Å²) < 4.78 is 5.44. The van der Waals surface area contributed by atoms with Crippen LogP contribution in [0.5, 0.6) is 0 Å². The molecule has 1 saturated heterocycles. The number of nitrogens with one attached hydrogen (secondary N) is 2. The van der Waals surface area contributed by atoms with Gasteiger partial charge in [0.05, 0.1) is 27.8 Å². The molecule has 1 aliphatic rings. The molecule has 0 spiro atoms. The minimum atomic E-state index is -0.453. The number of ether oxygens (including phenoxy) is 1. The van der Waals surface area contributed by atoms with Gasteiger partial charge in [-0.3, -0.25) is 14.9 Å². The van der Waals surface area contributed by atoms with Crippen molar-refractivity contribution < 1.29 is 14.5 Å². The number of nitro groups is 1. The van der Waals surface area contributed by atoms with E-state index in [1.807, 2.05) is 0 Å².